The van der Waals surface area contributed by atoms with Gasteiger partial charge < -0.3 is 15.2 Å². The van der Waals surface area contributed by atoms with Gasteiger partial charge in [0, 0.05) is 43.9 Å². The molecule has 1 atom stereocenters. The lowest BCUT2D eigenvalue weighted by molar-refractivity contribution is -0.0219. The minimum Gasteiger partial charge on any atom is -0.388 e. The molecule has 0 amide bonds. The minimum atomic E-state index is -0.773. The van der Waals surface area contributed by atoms with Crippen molar-refractivity contribution in [1.29, 1.82) is 0 Å². The number of benzene rings is 1. The van der Waals surface area contributed by atoms with E-state index in [1.54, 1.807) is 0 Å². The molecule has 0 saturated carbocycles. The normalized spacial score (nSPS) is 18.2. The smallest absolute Gasteiger partial charge is 0.0869 e. The van der Waals surface area contributed by atoms with Gasteiger partial charge in [0.1, 0.15) is 0 Å². The van der Waals surface area contributed by atoms with Gasteiger partial charge in [0.25, 0.3) is 0 Å². The molecule has 0 aliphatic carbocycles. The Balaban J connectivity index is 1.54. The lowest BCUT2D eigenvalue weighted by atomic mass is 10.0. The van der Waals surface area contributed by atoms with Crippen molar-refractivity contribution in [3.8, 4) is 11.3 Å². The molecule has 6 nitrogen and oxygen atoms in total. The summed E-state index contributed by atoms with van der Waals surface area (Å²) in [5.41, 5.74) is 3.72. The Morgan fingerprint density at radius 2 is 2.16 bits per heavy atom. The van der Waals surface area contributed by atoms with Gasteiger partial charge in [-0.1, -0.05) is 23.8 Å². The van der Waals surface area contributed by atoms with Crippen LogP contribution in [0.4, 0.5) is 0 Å². The second-order valence-corrected chi connectivity index (χ2v) is 7.13. The first kappa shape index (κ1) is 18.1. The molecule has 3 rings (SSSR count). The Labute approximate surface area is 149 Å². The van der Waals surface area contributed by atoms with E-state index in [0.717, 1.165) is 43.1 Å². The van der Waals surface area contributed by atoms with E-state index < -0.39 is 5.60 Å². The number of rotatable bonds is 7. The highest BCUT2D eigenvalue weighted by Gasteiger charge is 2.25. The van der Waals surface area contributed by atoms with E-state index in [1.807, 2.05) is 13.1 Å². The largest absolute Gasteiger partial charge is 0.388 e. The van der Waals surface area contributed by atoms with E-state index in [4.69, 9.17) is 4.74 Å². The van der Waals surface area contributed by atoms with Crippen molar-refractivity contribution in [2.75, 3.05) is 39.4 Å². The molecule has 0 spiro atoms. The molecule has 1 aromatic carbocycles. The van der Waals surface area contributed by atoms with Gasteiger partial charge in [-0.15, -0.1) is 0 Å². The van der Waals surface area contributed by atoms with E-state index in [9.17, 15) is 5.11 Å². The lowest BCUT2D eigenvalue weighted by Gasteiger charge is -2.34. The second-order valence-electron chi connectivity index (χ2n) is 7.13. The molecular formula is C19H28N4O2. The number of aliphatic hydroxyl groups is 1. The monoisotopic (exact) mass is 344 g/mol. The Morgan fingerprint density at radius 1 is 1.36 bits per heavy atom. The molecule has 2 aromatic rings. The SMILES string of the molecule is Cc1cccc(-c2[nH]ncc2CNCC(C)(O)CN2CCOCC2)c1. The fourth-order valence-corrected chi connectivity index (χ4v) is 3.26. The van der Waals surface area contributed by atoms with Gasteiger partial charge in [-0.25, -0.2) is 0 Å². The molecule has 1 aromatic heterocycles. The average Bonchev–Trinajstić information content (AvgIpc) is 3.03. The predicted octanol–water partition coefficient (Wildman–Crippen LogP) is 1.56. The maximum absolute atomic E-state index is 10.6. The Hall–Kier alpha value is -1.73. The van der Waals surface area contributed by atoms with Crippen LogP contribution < -0.4 is 5.32 Å². The summed E-state index contributed by atoms with van der Waals surface area (Å²) in [6.45, 7) is 9.08. The molecule has 1 fully saturated rings. The maximum Gasteiger partial charge on any atom is 0.0869 e. The topological polar surface area (TPSA) is 73.4 Å². The summed E-state index contributed by atoms with van der Waals surface area (Å²) >= 11 is 0. The fourth-order valence-electron chi connectivity index (χ4n) is 3.26. The summed E-state index contributed by atoms with van der Waals surface area (Å²) in [7, 11) is 0. The van der Waals surface area contributed by atoms with Crippen LogP contribution in [0.5, 0.6) is 0 Å². The third kappa shape index (κ3) is 5.12. The molecule has 1 saturated heterocycles. The minimum absolute atomic E-state index is 0.531. The first-order chi connectivity index (χ1) is 12.0. The predicted molar refractivity (Wildman–Crippen MR) is 98.4 cm³/mol. The third-order valence-corrected chi connectivity index (χ3v) is 4.51. The van der Waals surface area contributed by atoms with Crippen molar-refractivity contribution < 1.29 is 9.84 Å². The summed E-state index contributed by atoms with van der Waals surface area (Å²) in [6, 6.07) is 8.36. The lowest BCUT2D eigenvalue weighted by Crippen LogP contribution is -2.50. The van der Waals surface area contributed by atoms with Crippen molar-refractivity contribution in [2.45, 2.75) is 26.0 Å². The van der Waals surface area contributed by atoms with Crippen LogP contribution in [-0.2, 0) is 11.3 Å². The molecular weight excluding hydrogens is 316 g/mol. The number of hydrogen-bond acceptors (Lipinski definition) is 5. The van der Waals surface area contributed by atoms with E-state index >= 15 is 0 Å². The summed E-state index contributed by atoms with van der Waals surface area (Å²) in [6.07, 6.45) is 1.85. The number of hydrogen-bond donors (Lipinski definition) is 3. The summed E-state index contributed by atoms with van der Waals surface area (Å²) in [5, 5.41) is 21.3. The van der Waals surface area contributed by atoms with Gasteiger partial charge in [0.05, 0.1) is 30.7 Å². The van der Waals surface area contributed by atoms with Crippen LogP contribution in [0, 0.1) is 6.92 Å². The van der Waals surface area contributed by atoms with E-state index in [2.05, 4.69) is 51.6 Å². The van der Waals surface area contributed by atoms with Crippen LogP contribution in [0.1, 0.15) is 18.1 Å². The molecule has 1 aliphatic heterocycles. The number of aromatic nitrogens is 2. The summed E-state index contributed by atoms with van der Waals surface area (Å²) < 4.78 is 5.36. The molecule has 136 valence electrons. The average molecular weight is 344 g/mol. The third-order valence-electron chi connectivity index (χ3n) is 4.51. The molecule has 25 heavy (non-hydrogen) atoms. The summed E-state index contributed by atoms with van der Waals surface area (Å²) in [4.78, 5) is 2.25. The number of morpholine rings is 1. The Bertz CT molecular complexity index is 678. The highest BCUT2D eigenvalue weighted by Crippen LogP contribution is 2.22. The van der Waals surface area contributed by atoms with Crippen LogP contribution in [0.2, 0.25) is 0 Å². The number of ether oxygens (including phenoxy) is 1. The van der Waals surface area contributed by atoms with Crippen LogP contribution in [0.25, 0.3) is 11.3 Å². The number of H-pyrrole nitrogens is 1. The van der Waals surface area contributed by atoms with E-state index in [-0.39, 0.29) is 0 Å². The van der Waals surface area contributed by atoms with Gasteiger partial charge in [-0.2, -0.15) is 5.10 Å². The van der Waals surface area contributed by atoms with Crippen molar-refractivity contribution >= 4 is 0 Å². The summed E-state index contributed by atoms with van der Waals surface area (Å²) in [5.74, 6) is 0. The van der Waals surface area contributed by atoms with Crippen molar-refractivity contribution in [3.05, 3.63) is 41.6 Å². The van der Waals surface area contributed by atoms with Crippen molar-refractivity contribution in [2.24, 2.45) is 0 Å². The van der Waals surface area contributed by atoms with Crippen LogP contribution in [0.3, 0.4) is 0 Å². The van der Waals surface area contributed by atoms with Crippen LogP contribution in [-0.4, -0.2) is 65.2 Å². The fraction of sp³-hybridized carbons (Fsp3) is 0.526. The van der Waals surface area contributed by atoms with Crippen LogP contribution in [0.15, 0.2) is 30.5 Å². The van der Waals surface area contributed by atoms with Crippen molar-refractivity contribution in [3.63, 3.8) is 0 Å². The van der Waals surface area contributed by atoms with E-state index in [1.165, 1.54) is 5.56 Å². The van der Waals surface area contributed by atoms with Gasteiger partial charge >= 0.3 is 0 Å². The van der Waals surface area contributed by atoms with Gasteiger partial charge in [0.15, 0.2) is 0 Å². The van der Waals surface area contributed by atoms with Gasteiger partial charge in [0.2, 0.25) is 0 Å². The van der Waals surface area contributed by atoms with E-state index in [0.29, 0.717) is 19.6 Å². The zero-order valence-corrected chi connectivity index (χ0v) is 15.1. The Morgan fingerprint density at radius 3 is 2.92 bits per heavy atom. The first-order valence-corrected chi connectivity index (χ1v) is 8.86. The standard InChI is InChI=1S/C19H28N4O2/c1-15-4-3-5-16(10-15)18-17(12-21-22-18)11-20-13-19(2,24)14-23-6-8-25-9-7-23/h3-5,10,12,20,24H,6-9,11,13-14H2,1-2H3,(H,21,22). The molecule has 3 N–H and O–H groups in total. The van der Waals surface area contributed by atoms with Crippen molar-refractivity contribution in [1.82, 2.24) is 20.4 Å². The molecule has 0 radical (unpaired) electrons. The number of aromatic amines is 1. The zero-order valence-electron chi connectivity index (χ0n) is 15.1. The molecule has 0 bridgehead atoms. The van der Waals surface area contributed by atoms with Crippen LogP contribution >= 0.6 is 0 Å². The zero-order chi connectivity index (χ0) is 17.7. The van der Waals surface area contributed by atoms with Gasteiger partial charge in [-0.05, 0) is 19.9 Å². The first-order valence-electron chi connectivity index (χ1n) is 8.86. The number of aryl methyl sites for hydroxylation is 1. The maximum atomic E-state index is 10.6. The molecule has 2 heterocycles. The number of nitrogens with one attached hydrogen (secondary N) is 2. The highest BCUT2D eigenvalue weighted by atomic mass is 16.5. The second kappa shape index (κ2) is 8.10. The highest BCUT2D eigenvalue weighted by molar-refractivity contribution is 5.63. The number of β-amino-alcohol motifs (C(OH)–C–C–N with tert-alkyl or cyclic N) is 1. The van der Waals surface area contributed by atoms with Gasteiger partial charge in [-0.3, -0.25) is 10.00 Å². The number of nitrogens with zero attached hydrogens (tertiary/aromatic N) is 2. The molecule has 1 unspecified atom stereocenters. The Kier molecular flexibility index (Phi) is 5.86. The quantitative estimate of drug-likeness (QED) is 0.711. The molecule has 6 heteroatoms. The molecule has 1 aliphatic rings.